The van der Waals surface area contributed by atoms with E-state index in [9.17, 15) is 4.79 Å². The zero-order chi connectivity index (χ0) is 12.3. The summed E-state index contributed by atoms with van der Waals surface area (Å²) in [4.78, 5) is 13.0. The van der Waals surface area contributed by atoms with Gasteiger partial charge in [-0.1, -0.05) is 12.1 Å². The molecule has 0 aliphatic carbocycles. The first-order chi connectivity index (χ1) is 8.20. The van der Waals surface area contributed by atoms with Crippen LogP contribution in [0.4, 0.5) is 5.69 Å². The van der Waals surface area contributed by atoms with E-state index >= 15 is 0 Å². The molecule has 0 saturated carbocycles. The summed E-state index contributed by atoms with van der Waals surface area (Å²) < 4.78 is 0. The van der Waals surface area contributed by atoms with E-state index in [0.29, 0.717) is 0 Å². The monoisotopic (exact) mass is 228 g/mol. The van der Waals surface area contributed by atoms with Crippen molar-refractivity contribution < 1.29 is 4.79 Å². The number of anilines is 1. The normalized spacial score (nSPS) is 14.0. The average molecular weight is 228 g/mol. The van der Waals surface area contributed by atoms with Crippen LogP contribution in [0.2, 0.25) is 0 Å². The quantitative estimate of drug-likeness (QED) is 0.630. The van der Waals surface area contributed by atoms with Crippen molar-refractivity contribution in [2.75, 3.05) is 18.0 Å². The smallest absolute Gasteiger partial charge is 0.241 e. The molecule has 1 aliphatic heterocycles. The molecule has 0 aromatic heterocycles. The number of carbonyl (C=O) groups is 1. The maximum Gasteiger partial charge on any atom is 0.241 e. The molecular weight excluding hydrogens is 212 g/mol. The number of nitrogens with zero attached hydrogens (tertiary/aromatic N) is 1. The van der Waals surface area contributed by atoms with Crippen molar-refractivity contribution in [3.05, 3.63) is 48.1 Å². The molecule has 0 atom stereocenters. The van der Waals surface area contributed by atoms with Crippen LogP contribution in [0.1, 0.15) is 11.1 Å². The van der Waals surface area contributed by atoms with Crippen molar-refractivity contribution in [1.82, 2.24) is 0 Å². The van der Waals surface area contributed by atoms with Gasteiger partial charge < -0.3 is 10.6 Å². The number of amides is 1. The maximum atomic E-state index is 10.7. The molecule has 0 unspecified atom stereocenters. The minimum absolute atomic E-state index is 0.418. The van der Waals surface area contributed by atoms with Gasteiger partial charge in [-0.2, -0.15) is 0 Å². The summed E-state index contributed by atoms with van der Waals surface area (Å²) in [7, 11) is 0. The van der Waals surface area contributed by atoms with Crippen LogP contribution in [0.25, 0.3) is 6.08 Å². The molecule has 3 heteroatoms. The Labute approximate surface area is 101 Å². The zero-order valence-electron chi connectivity index (χ0n) is 9.73. The first-order valence-corrected chi connectivity index (χ1v) is 5.67. The number of hydrogen-bond donors (Lipinski definition) is 1. The van der Waals surface area contributed by atoms with Crippen molar-refractivity contribution in [2.24, 2.45) is 5.73 Å². The standard InChI is InChI=1S/C14H16N2O/c1-2-8-16-9-7-12-10-11(3-5-13(12)16)4-6-14(15)17/h2-6,10H,1,7-9H2,(H2,15,17)/b6-4-. The summed E-state index contributed by atoms with van der Waals surface area (Å²) in [6, 6.07) is 6.20. The Morgan fingerprint density at radius 2 is 2.35 bits per heavy atom. The molecule has 2 N–H and O–H groups in total. The Hall–Kier alpha value is -2.03. The number of fused-ring (bicyclic) bond motifs is 1. The van der Waals surface area contributed by atoms with Gasteiger partial charge in [0, 0.05) is 24.9 Å². The molecule has 3 nitrogen and oxygen atoms in total. The lowest BCUT2D eigenvalue weighted by Crippen LogP contribution is -2.19. The van der Waals surface area contributed by atoms with Gasteiger partial charge in [0.15, 0.2) is 0 Å². The van der Waals surface area contributed by atoms with Crippen molar-refractivity contribution >= 4 is 17.7 Å². The molecule has 0 fully saturated rings. The third-order valence-corrected chi connectivity index (χ3v) is 2.88. The van der Waals surface area contributed by atoms with Crippen LogP contribution < -0.4 is 10.6 Å². The summed E-state index contributed by atoms with van der Waals surface area (Å²) in [5, 5.41) is 0. The minimum Gasteiger partial charge on any atom is -0.367 e. The number of rotatable bonds is 4. The molecule has 1 aromatic carbocycles. The largest absolute Gasteiger partial charge is 0.367 e. The fourth-order valence-electron chi connectivity index (χ4n) is 2.12. The van der Waals surface area contributed by atoms with Gasteiger partial charge in [0.2, 0.25) is 5.91 Å². The molecule has 1 aromatic rings. The number of nitrogens with two attached hydrogens (primary N) is 1. The van der Waals surface area contributed by atoms with Crippen LogP contribution in [0.15, 0.2) is 36.9 Å². The predicted octanol–water partition coefficient (Wildman–Crippen LogP) is 1.73. The van der Waals surface area contributed by atoms with Crippen LogP contribution in [0.5, 0.6) is 0 Å². The number of benzene rings is 1. The van der Waals surface area contributed by atoms with Gasteiger partial charge in [-0.15, -0.1) is 6.58 Å². The lowest BCUT2D eigenvalue weighted by molar-refractivity contribution is -0.113. The van der Waals surface area contributed by atoms with Gasteiger partial charge >= 0.3 is 0 Å². The van der Waals surface area contributed by atoms with E-state index in [-0.39, 0.29) is 0 Å². The highest BCUT2D eigenvalue weighted by atomic mass is 16.1. The van der Waals surface area contributed by atoms with Crippen LogP contribution in [0.3, 0.4) is 0 Å². The van der Waals surface area contributed by atoms with Crippen LogP contribution >= 0.6 is 0 Å². The molecule has 0 radical (unpaired) electrons. The molecule has 0 saturated heterocycles. The second kappa shape index (κ2) is 4.87. The summed E-state index contributed by atoms with van der Waals surface area (Å²) in [6.07, 6.45) is 6.09. The van der Waals surface area contributed by atoms with Crippen LogP contribution in [-0.4, -0.2) is 19.0 Å². The Morgan fingerprint density at radius 3 is 3.06 bits per heavy atom. The fraction of sp³-hybridized carbons (Fsp3) is 0.214. The third-order valence-electron chi connectivity index (χ3n) is 2.88. The molecule has 1 heterocycles. The average Bonchev–Trinajstić information content (AvgIpc) is 2.70. The van der Waals surface area contributed by atoms with Gasteiger partial charge in [0.25, 0.3) is 0 Å². The number of hydrogen-bond acceptors (Lipinski definition) is 2. The number of primary amides is 1. The third kappa shape index (κ3) is 2.56. The van der Waals surface area contributed by atoms with Crippen molar-refractivity contribution in [3.63, 3.8) is 0 Å². The predicted molar refractivity (Wildman–Crippen MR) is 70.8 cm³/mol. The number of carbonyl (C=O) groups excluding carboxylic acids is 1. The van der Waals surface area contributed by atoms with Gasteiger partial charge in [0.1, 0.15) is 0 Å². The molecule has 0 spiro atoms. The van der Waals surface area contributed by atoms with E-state index in [1.165, 1.54) is 17.3 Å². The Morgan fingerprint density at radius 1 is 1.53 bits per heavy atom. The van der Waals surface area contributed by atoms with E-state index in [4.69, 9.17) is 5.73 Å². The summed E-state index contributed by atoms with van der Waals surface area (Å²) in [6.45, 7) is 5.67. The van der Waals surface area contributed by atoms with Gasteiger partial charge in [0.05, 0.1) is 0 Å². The lowest BCUT2D eigenvalue weighted by Gasteiger charge is -2.16. The fourth-order valence-corrected chi connectivity index (χ4v) is 2.12. The first kappa shape index (κ1) is 11.5. The molecule has 1 amide bonds. The molecule has 2 rings (SSSR count). The molecule has 17 heavy (non-hydrogen) atoms. The summed E-state index contributed by atoms with van der Waals surface area (Å²) >= 11 is 0. The van der Waals surface area contributed by atoms with E-state index in [2.05, 4.69) is 23.6 Å². The lowest BCUT2D eigenvalue weighted by atomic mass is 10.1. The Kier molecular flexibility index (Phi) is 3.28. The highest BCUT2D eigenvalue weighted by Crippen LogP contribution is 2.28. The van der Waals surface area contributed by atoms with E-state index < -0.39 is 5.91 Å². The highest BCUT2D eigenvalue weighted by molar-refractivity contribution is 5.90. The summed E-state index contributed by atoms with van der Waals surface area (Å²) in [5.41, 5.74) is 8.67. The van der Waals surface area contributed by atoms with Crippen molar-refractivity contribution in [2.45, 2.75) is 6.42 Å². The Bertz CT molecular complexity index is 477. The second-order valence-corrected chi connectivity index (χ2v) is 4.11. The Balaban J connectivity index is 2.22. The SMILES string of the molecule is C=CCN1CCc2cc(/C=C\C(N)=O)ccc21. The molecular formula is C14H16N2O. The molecule has 0 bridgehead atoms. The van der Waals surface area contributed by atoms with E-state index in [1.807, 2.05) is 12.1 Å². The second-order valence-electron chi connectivity index (χ2n) is 4.11. The van der Waals surface area contributed by atoms with Gasteiger partial charge in [-0.25, -0.2) is 0 Å². The topological polar surface area (TPSA) is 46.3 Å². The van der Waals surface area contributed by atoms with E-state index in [1.54, 1.807) is 6.08 Å². The van der Waals surface area contributed by atoms with E-state index in [0.717, 1.165) is 25.1 Å². The summed E-state index contributed by atoms with van der Waals surface area (Å²) in [5.74, 6) is -0.418. The van der Waals surface area contributed by atoms with Gasteiger partial charge in [-0.3, -0.25) is 4.79 Å². The van der Waals surface area contributed by atoms with Crippen LogP contribution in [-0.2, 0) is 11.2 Å². The molecule has 88 valence electrons. The first-order valence-electron chi connectivity index (χ1n) is 5.67. The molecule has 1 aliphatic rings. The van der Waals surface area contributed by atoms with Crippen molar-refractivity contribution in [1.29, 1.82) is 0 Å². The van der Waals surface area contributed by atoms with Crippen LogP contribution in [0, 0.1) is 0 Å². The van der Waals surface area contributed by atoms with Crippen molar-refractivity contribution in [3.8, 4) is 0 Å². The maximum absolute atomic E-state index is 10.7. The van der Waals surface area contributed by atoms with Gasteiger partial charge in [-0.05, 0) is 35.8 Å². The minimum atomic E-state index is -0.418. The zero-order valence-corrected chi connectivity index (χ0v) is 9.73. The highest BCUT2D eigenvalue weighted by Gasteiger charge is 2.17.